The van der Waals surface area contributed by atoms with Crippen molar-refractivity contribution in [1.82, 2.24) is 4.98 Å². The number of hydrogen-bond donors (Lipinski definition) is 0. The fraction of sp³-hybridized carbons (Fsp3) is 0.182. The summed E-state index contributed by atoms with van der Waals surface area (Å²) in [5.74, 6) is 0.665. The number of benzene rings is 1. The molecule has 1 aromatic carbocycles. The zero-order valence-corrected chi connectivity index (χ0v) is 10.9. The normalized spacial score (nSPS) is 10.4. The molecule has 0 aliphatic carbocycles. The average molecular weight is 274 g/mol. The van der Waals surface area contributed by atoms with Crippen molar-refractivity contribution in [3.63, 3.8) is 0 Å². The van der Waals surface area contributed by atoms with E-state index in [-0.39, 0.29) is 0 Å². The summed E-state index contributed by atoms with van der Waals surface area (Å²) in [5.41, 5.74) is 1.11. The fourth-order valence-electron chi connectivity index (χ4n) is 1.22. The number of rotatable bonds is 3. The van der Waals surface area contributed by atoms with Crippen molar-refractivity contribution in [2.75, 3.05) is 0 Å². The number of nitrogens with zero attached hydrogens (tertiary/aromatic N) is 1. The fourth-order valence-corrected chi connectivity index (χ4v) is 2.38. The minimum Gasteiger partial charge on any atom is -0.485 e. The lowest BCUT2D eigenvalue weighted by atomic mass is 10.2. The van der Waals surface area contributed by atoms with Crippen LogP contribution >= 0.6 is 34.5 Å². The van der Waals surface area contributed by atoms with Gasteiger partial charge in [0.25, 0.3) is 0 Å². The van der Waals surface area contributed by atoms with Gasteiger partial charge in [0.15, 0.2) is 0 Å². The Balaban J connectivity index is 2.04. The molecule has 1 aromatic heterocycles. The molecule has 2 rings (SSSR count). The first-order valence-electron chi connectivity index (χ1n) is 4.64. The third-order valence-electron chi connectivity index (χ3n) is 1.96. The molecule has 1 heterocycles. The summed E-state index contributed by atoms with van der Waals surface area (Å²) < 4.78 is 6.21. The molecule has 84 valence electrons. The quantitative estimate of drug-likeness (QED) is 0.830. The summed E-state index contributed by atoms with van der Waals surface area (Å²) in [5, 5.41) is 1.45. The van der Waals surface area contributed by atoms with Gasteiger partial charge in [-0.2, -0.15) is 0 Å². The zero-order valence-electron chi connectivity index (χ0n) is 8.54. The van der Waals surface area contributed by atoms with Crippen LogP contribution in [0, 0.1) is 6.92 Å². The first-order chi connectivity index (χ1) is 7.65. The number of thiazole rings is 1. The Kier molecular flexibility index (Phi) is 3.69. The molecule has 0 radical (unpaired) electrons. The summed E-state index contributed by atoms with van der Waals surface area (Å²) in [7, 11) is 0. The van der Waals surface area contributed by atoms with Gasteiger partial charge in [-0.1, -0.05) is 29.3 Å². The molecule has 0 aliphatic heterocycles. The molecule has 5 heteroatoms. The lowest BCUT2D eigenvalue weighted by molar-refractivity contribution is 0.305. The van der Waals surface area contributed by atoms with E-state index in [4.69, 9.17) is 27.9 Å². The monoisotopic (exact) mass is 273 g/mol. The summed E-state index contributed by atoms with van der Waals surface area (Å²) in [4.78, 5) is 4.10. The molecule has 0 unspecified atom stereocenters. The Morgan fingerprint density at radius 2 is 2.19 bits per heavy atom. The van der Waals surface area contributed by atoms with Gasteiger partial charge in [0.1, 0.15) is 21.7 Å². The predicted molar refractivity (Wildman–Crippen MR) is 67.6 cm³/mol. The molecule has 2 aromatic rings. The van der Waals surface area contributed by atoms with E-state index >= 15 is 0 Å². The molecule has 0 aliphatic rings. The van der Waals surface area contributed by atoms with Crippen molar-refractivity contribution >= 4 is 34.5 Å². The van der Waals surface area contributed by atoms with E-state index in [1.165, 1.54) is 11.3 Å². The number of hydrogen-bond acceptors (Lipinski definition) is 3. The summed E-state index contributed by atoms with van der Waals surface area (Å²) >= 11 is 13.2. The van der Waals surface area contributed by atoms with E-state index < -0.39 is 0 Å². The molecular weight excluding hydrogens is 265 g/mol. The first-order valence-corrected chi connectivity index (χ1v) is 6.21. The van der Waals surface area contributed by atoms with E-state index in [0.29, 0.717) is 21.7 Å². The van der Waals surface area contributed by atoms with Gasteiger partial charge in [-0.25, -0.2) is 4.98 Å². The molecule has 16 heavy (non-hydrogen) atoms. The molecule has 2 nitrogen and oxygen atoms in total. The highest BCUT2D eigenvalue weighted by Crippen LogP contribution is 2.27. The standard InChI is InChI=1S/C11H9Cl2NOS/c1-7-2-3-9(8(12)4-7)15-6-11-14-5-10(13)16-11/h2-5H,6H2,1H3. The number of ether oxygens (including phenoxy) is 1. The third kappa shape index (κ3) is 2.88. The van der Waals surface area contributed by atoms with Crippen LogP contribution in [-0.2, 0) is 6.61 Å². The third-order valence-corrected chi connectivity index (χ3v) is 3.35. The molecule has 0 fully saturated rings. The van der Waals surface area contributed by atoms with Gasteiger partial charge in [-0.05, 0) is 24.6 Å². The Morgan fingerprint density at radius 3 is 2.81 bits per heavy atom. The number of aryl methyl sites for hydroxylation is 1. The van der Waals surface area contributed by atoms with Gasteiger partial charge in [0.2, 0.25) is 0 Å². The predicted octanol–water partition coefficient (Wildman–Crippen LogP) is 4.34. The molecule has 0 saturated carbocycles. The maximum atomic E-state index is 6.03. The van der Waals surface area contributed by atoms with E-state index in [1.807, 2.05) is 25.1 Å². The van der Waals surface area contributed by atoms with Crippen LogP contribution in [0.25, 0.3) is 0 Å². The Hall–Kier alpha value is -0.770. The molecule has 0 saturated heterocycles. The van der Waals surface area contributed by atoms with Crippen molar-refractivity contribution in [1.29, 1.82) is 0 Å². The maximum absolute atomic E-state index is 6.03. The maximum Gasteiger partial charge on any atom is 0.140 e. The topological polar surface area (TPSA) is 22.1 Å². The van der Waals surface area contributed by atoms with Crippen LogP contribution in [0.5, 0.6) is 5.75 Å². The summed E-state index contributed by atoms with van der Waals surface area (Å²) in [6.45, 7) is 2.37. The Bertz CT molecular complexity index is 498. The molecule has 0 bridgehead atoms. The van der Waals surface area contributed by atoms with Crippen LogP contribution in [0.1, 0.15) is 10.6 Å². The minimum absolute atomic E-state index is 0.389. The van der Waals surface area contributed by atoms with Crippen molar-refractivity contribution in [2.45, 2.75) is 13.5 Å². The minimum atomic E-state index is 0.389. The lowest BCUT2D eigenvalue weighted by Gasteiger charge is -2.06. The summed E-state index contributed by atoms with van der Waals surface area (Å²) in [6, 6.07) is 5.68. The Labute approximate surface area is 108 Å². The van der Waals surface area contributed by atoms with E-state index in [1.54, 1.807) is 6.20 Å². The van der Waals surface area contributed by atoms with Crippen LogP contribution in [0.2, 0.25) is 9.36 Å². The van der Waals surface area contributed by atoms with Crippen LogP contribution in [0.15, 0.2) is 24.4 Å². The van der Waals surface area contributed by atoms with Gasteiger partial charge in [-0.15, -0.1) is 11.3 Å². The van der Waals surface area contributed by atoms with E-state index in [9.17, 15) is 0 Å². The average Bonchev–Trinajstić information content (AvgIpc) is 2.63. The van der Waals surface area contributed by atoms with Crippen molar-refractivity contribution in [3.05, 3.63) is 44.3 Å². The van der Waals surface area contributed by atoms with E-state index in [0.717, 1.165) is 10.6 Å². The van der Waals surface area contributed by atoms with Crippen molar-refractivity contribution in [3.8, 4) is 5.75 Å². The van der Waals surface area contributed by atoms with Gasteiger partial charge in [-0.3, -0.25) is 0 Å². The molecule has 0 N–H and O–H groups in total. The molecule has 0 atom stereocenters. The van der Waals surface area contributed by atoms with E-state index in [2.05, 4.69) is 4.98 Å². The van der Waals surface area contributed by atoms with Gasteiger partial charge in [0, 0.05) is 0 Å². The van der Waals surface area contributed by atoms with Crippen LogP contribution in [0.4, 0.5) is 0 Å². The number of halogens is 2. The van der Waals surface area contributed by atoms with Gasteiger partial charge < -0.3 is 4.74 Å². The SMILES string of the molecule is Cc1ccc(OCc2ncc(Cl)s2)c(Cl)c1. The highest BCUT2D eigenvalue weighted by atomic mass is 35.5. The smallest absolute Gasteiger partial charge is 0.140 e. The highest BCUT2D eigenvalue weighted by molar-refractivity contribution is 7.15. The van der Waals surface area contributed by atoms with Gasteiger partial charge >= 0.3 is 0 Å². The Morgan fingerprint density at radius 1 is 1.38 bits per heavy atom. The molecular formula is C11H9Cl2NOS. The number of aromatic nitrogens is 1. The lowest BCUT2D eigenvalue weighted by Crippen LogP contribution is -1.95. The summed E-state index contributed by atoms with van der Waals surface area (Å²) in [6.07, 6.45) is 1.61. The van der Waals surface area contributed by atoms with Crippen LogP contribution in [-0.4, -0.2) is 4.98 Å². The van der Waals surface area contributed by atoms with Gasteiger partial charge in [0.05, 0.1) is 11.2 Å². The molecule has 0 spiro atoms. The molecule has 0 amide bonds. The second-order valence-electron chi connectivity index (χ2n) is 3.28. The van der Waals surface area contributed by atoms with Crippen molar-refractivity contribution < 1.29 is 4.74 Å². The highest BCUT2D eigenvalue weighted by Gasteiger charge is 2.04. The first kappa shape index (κ1) is 11.7. The second kappa shape index (κ2) is 5.04. The van der Waals surface area contributed by atoms with Crippen LogP contribution < -0.4 is 4.74 Å². The van der Waals surface area contributed by atoms with Crippen LogP contribution in [0.3, 0.4) is 0 Å². The van der Waals surface area contributed by atoms with Crippen molar-refractivity contribution in [2.24, 2.45) is 0 Å². The largest absolute Gasteiger partial charge is 0.485 e. The zero-order chi connectivity index (χ0) is 11.5. The second-order valence-corrected chi connectivity index (χ2v) is 5.43.